The molecule has 0 radical (unpaired) electrons. The van der Waals surface area contributed by atoms with Crippen LogP contribution in [-0.4, -0.2) is 45.9 Å². The number of pyridine rings is 1. The van der Waals surface area contributed by atoms with Crippen LogP contribution in [0.1, 0.15) is 33.0 Å². The van der Waals surface area contributed by atoms with Crippen molar-refractivity contribution in [2.45, 2.75) is 38.8 Å². The highest BCUT2D eigenvalue weighted by molar-refractivity contribution is 5.54. The van der Waals surface area contributed by atoms with Crippen molar-refractivity contribution in [2.75, 3.05) is 24.3 Å². The van der Waals surface area contributed by atoms with Gasteiger partial charge in [-0.3, -0.25) is 0 Å². The van der Waals surface area contributed by atoms with Gasteiger partial charge in [0.05, 0.1) is 19.4 Å². The van der Waals surface area contributed by atoms with Crippen LogP contribution < -0.4 is 15.4 Å². The number of nitrogens with one attached hydrogen (secondary N) is 2. The van der Waals surface area contributed by atoms with E-state index in [1.807, 2.05) is 26.0 Å². The molecule has 0 amide bonds. The fraction of sp³-hybridized carbons (Fsp3) is 0.474. The number of anilines is 2. The SMILES string of the molecule is COc1cccc(CCNc2ncc(C#N)c(N[C@@H]3CC(O)C3(C)C)n2)n1.[HH]. The monoisotopic (exact) mass is 370 g/mol. The summed E-state index contributed by atoms with van der Waals surface area (Å²) in [6.07, 6.45) is 2.47. The molecule has 0 bridgehead atoms. The van der Waals surface area contributed by atoms with E-state index in [-0.39, 0.29) is 19.0 Å². The zero-order chi connectivity index (χ0) is 19.4. The topological polar surface area (TPSA) is 116 Å². The molecule has 0 saturated heterocycles. The summed E-state index contributed by atoms with van der Waals surface area (Å²) in [6, 6.07) is 7.80. The van der Waals surface area contributed by atoms with Crippen LogP contribution in [-0.2, 0) is 6.42 Å². The molecule has 0 spiro atoms. The molecule has 2 aromatic rings. The van der Waals surface area contributed by atoms with Gasteiger partial charge in [0.25, 0.3) is 0 Å². The molecule has 144 valence electrons. The van der Waals surface area contributed by atoms with Crippen LogP contribution >= 0.6 is 0 Å². The van der Waals surface area contributed by atoms with E-state index in [2.05, 4.69) is 31.7 Å². The van der Waals surface area contributed by atoms with Gasteiger partial charge in [-0.15, -0.1) is 0 Å². The molecule has 1 fully saturated rings. The van der Waals surface area contributed by atoms with Crippen molar-refractivity contribution in [3.8, 4) is 11.9 Å². The lowest BCUT2D eigenvalue weighted by molar-refractivity contribution is -0.0511. The standard InChI is InChI=1S/C19H24N6O2.H2/c1-19(2)14(9-15(19)26)24-17-12(10-20)11-22-18(25-17)21-8-7-13-5-4-6-16(23-13)27-3;/h4-6,11,14-15,26H,7-9H2,1-3H3,(H2,21,22,24,25);1H/t14-,15?;/m1./s1. The zero-order valence-electron chi connectivity index (χ0n) is 15.7. The van der Waals surface area contributed by atoms with Crippen molar-refractivity contribution in [1.29, 1.82) is 5.26 Å². The van der Waals surface area contributed by atoms with Crippen LogP contribution in [0.2, 0.25) is 0 Å². The molecule has 1 saturated carbocycles. The largest absolute Gasteiger partial charge is 0.481 e. The first-order chi connectivity index (χ1) is 12.9. The smallest absolute Gasteiger partial charge is 0.224 e. The van der Waals surface area contributed by atoms with E-state index in [0.717, 1.165) is 5.69 Å². The molecule has 2 aromatic heterocycles. The number of nitriles is 1. The number of aromatic nitrogens is 3. The van der Waals surface area contributed by atoms with E-state index in [9.17, 15) is 10.4 Å². The third-order valence-corrected chi connectivity index (χ3v) is 5.09. The fourth-order valence-corrected chi connectivity index (χ4v) is 2.98. The van der Waals surface area contributed by atoms with E-state index in [4.69, 9.17) is 4.74 Å². The first-order valence-electron chi connectivity index (χ1n) is 8.89. The molecule has 1 aliphatic rings. The van der Waals surface area contributed by atoms with Gasteiger partial charge in [0, 0.05) is 37.6 Å². The van der Waals surface area contributed by atoms with Crippen LogP contribution in [0.3, 0.4) is 0 Å². The van der Waals surface area contributed by atoms with Crippen molar-refractivity contribution in [1.82, 2.24) is 15.0 Å². The third kappa shape index (κ3) is 4.09. The summed E-state index contributed by atoms with van der Waals surface area (Å²) in [5, 5.41) is 25.7. The van der Waals surface area contributed by atoms with Gasteiger partial charge in [0.1, 0.15) is 17.5 Å². The molecule has 3 rings (SSSR count). The Morgan fingerprint density at radius 1 is 1.41 bits per heavy atom. The average Bonchev–Trinajstić information content (AvgIpc) is 2.68. The lowest BCUT2D eigenvalue weighted by Crippen LogP contribution is -2.57. The normalized spacial score (nSPS) is 20.3. The summed E-state index contributed by atoms with van der Waals surface area (Å²) in [5.74, 6) is 1.51. The highest BCUT2D eigenvalue weighted by Crippen LogP contribution is 2.42. The van der Waals surface area contributed by atoms with Gasteiger partial charge in [-0.25, -0.2) is 9.97 Å². The molecule has 2 atom stereocenters. The molecular formula is C19H26N6O2. The number of rotatable bonds is 7. The Morgan fingerprint density at radius 2 is 2.22 bits per heavy atom. The van der Waals surface area contributed by atoms with E-state index >= 15 is 0 Å². The minimum Gasteiger partial charge on any atom is -0.481 e. The van der Waals surface area contributed by atoms with Crippen molar-refractivity contribution in [2.24, 2.45) is 5.41 Å². The summed E-state index contributed by atoms with van der Waals surface area (Å²) in [7, 11) is 1.59. The van der Waals surface area contributed by atoms with Crippen LogP contribution in [0, 0.1) is 16.7 Å². The summed E-state index contributed by atoms with van der Waals surface area (Å²) in [6.45, 7) is 4.58. The minimum absolute atomic E-state index is 0. The van der Waals surface area contributed by atoms with Crippen molar-refractivity contribution >= 4 is 11.8 Å². The number of aliphatic hydroxyl groups excluding tert-OH is 1. The first kappa shape index (κ1) is 18.9. The lowest BCUT2D eigenvalue weighted by Gasteiger charge is -2.49. The van der Waals surface area contributed by atoms with E-state index in [1.165, 1.54) is 6.20 Å². The number of ether oxygens (including phenoxy) is 1. The Balaban J connectivity index is 0.00000280. The van der Waals surface area contributed by atoms with E-state index in [1.54, 1.807) is 13.2 Å². The molecule has 8 nitrogen and oxygen atoms in total. The summed E-state index contributed by atoms with van der Waals surface area (Å²) in [5.41, 5.74) is 1.02. The number of hydrogen-bond donors (Lipinski definition) is 3. The number of aliphatic hydroxyl groups is 1. The maximum absolute atomic E-state index is 9.90. The predicted octanol–water partition coefficient (Wildman–Crippen LogP) is 2.22. The molecule has 8 heteroatoms. The molecule has 0 aliphatic heterocycles. The second-order valence-electron chi connectivity index (χ2n) is 7.19. The maximum atomic E-state index is 9.90. The van der Waals surface area contributed by atoms with Gasteiger partial charge in [-0.1, -0.05) is 19.9 Å². The van der Waals surface area contributed by atoms with E-state index in [0.29, 0.717) is 42.6 Å². The first-order valence-corrected chi connectivity index (χ1v) is 8.89. The second kappa shape index (κ2) is 7.76. The molecule has 0 aromatic carbocycles. The van der Waals surface area contributed by atoms with Crippen LogP contribution in [0.25, 0.3) is 0 Å². The Morgan fingerprint density at radius 3 is 2.89 bits per heavy atom. The van der Waals surface area contributed by atoms with Crippen LogP contribution in [0.4, 0.5) is 11.8 Å². The van der Waals surface area contributed by atoms with Crippen LogP contribution in [0.15, 0.2) is 24.4 Å². The highest BCUT2D eigenvalue weighted by Gasteiger charge is 2.47. The fourth-order valence-electron chi connectivity index (χ4n) is 2.98. The molecule has 3 N–H and O–H groups in total. The molecule has 27 heavy (non-hydrogen) atoms. The summed E-state index contributed by atoms with van der Waals surface area (Å²) < 4.78 is 5.13. The maximum Gasteiger partial charge on any atom is 0.224 e. The quantitative estimate of drug-likeness (QED) is 0.679. The Labute approximate surface area is 160 Å². The molecule has 2 heterocycles. The number of methoxy groups -OCH3 is 1. The average molecular weight is 370 g/mol. The van der Waals surface area contributed by atoms with Crippen LogP contribution in [0.5, 0.6) is 5.88 Å². The second-order valence-corrected chi connectivity index (χ2v) is 7.19. The molecule has 1 unspecified atom stereocenters. The summed E-state index contributed by atoms with van der Waals surface area (Å²) in [4.78, 5) is 13.0. The Hall–Kier alpha value is -2.92. The molecule has 1 aliphatic carbocycles. The van der Waals surface area contributed by atoms with Gasteiger partial charge in [0.2, 0.25) is 11.8 Å². The zero-order valence-corrected chi connectivity index (χ0v) is 15.7. The van der Waals surface area contributed by atoms with Gasteiger partial charge in [-0.05, 0) is 12.5 Å². The Bertz CT molecular complexity index is 855. The van der Waals surface area contributed by atoms with Gasteiger partial charge in [-0.2, -0.15) is 10.2 Å². The number of nitrogens with zero attached hydrogens (tertiary/aromatic N) is 4. The highest BCUT2D eigenvalue weighted by atomic mass is 16.5. The van der Waals surface area contributed by atoms with Gasteiger partial charge < -0.3 is 20.5 Å². The predicted molar refractivity (Wildman–Crippen MR) is 104 cm³/mol. The van der Waals surface area contributed by atoms with Crippen molar-refractivity contribution < 1.29 is 11.3 Å². The van der Waals surface area contributed by atoms with Gasteiger partial charge in [0.15, 0.2) is 0 Å². The third-order valence-electron chi connectivity index (χ3n) is 5.09. The lowest BCUT2D eigenvalue weighted by atomic mass is 9.64. The molecular weight excluding hydrogens is 344 g/mol. The Kier molecular flexibility index (Phi) is 5.42. The van der Waals surface area contributed by atoms with E-state index < -0.39 is 0 Å². The summed E-state index contributed by atoms with van der Waals surface area (Å²) >= 11 is 0. The van der Waals surface area contributed by atoms with Crippen molar-refractivity contribution in [3.05, 3.63) is 35.7 Å². The van der Waals surface area contributed by atoms with Gasteiger partial charge >= 0.3 is 0 Å². The number of hydrogen-bond acceptors (Lipinski definition) is 8. The van der Waals surface area contributed by atoms with Crippen molar-refractivity contribution in [3.63, 3.8) is 0 Å². The minimum atomic E-state index is -0.352.